The van der Waals surface area contributed by atoms with E-state index in [-0.39, 0.29) is 5.41 Å². The average Bonchev–Trinajstić information content (AvgIpc) is 2.07. The lowest BCUT2D eigenvalue weighted by Gasteiger charge is -2.35. The first-order valence-corrected chi connectivity index (χ1v) is 5.37. The van der Waals surface area contributed by atoms with Gasteiger partial charge in [-0.15, -0.1) is 0 Å². The van der Waals surface area contributed by atoms with Gasteiger partial charge < -0.3 is 10.8 Å². The summed E-state index contributed by atoms with van der Waals surface area (Å²) in [6, 6.07) is 0. The van der Waals surface area contributed by atoms with Crippen LogP contribution < -0.4 is 5.73 Å². The first kappa shape index (κ1) is 9.36. The number of nitrogens with two attached hydrogens (primary N) is 1. The molecule has 11 heavy (non-hydrogen) atoms. The summed E-state index contributed by atoms with van der Waals surface area (Å²) in [7, 11) is 0. The SMILES string of the molecule is NCC1(CCO)CCSCC1. The molecule has 1 aliphatic rings. The van der Waals surface area contributed by atoms with Gasteiger partial charge in [0.15, 0.2) is 0 Å². The number of hydrogen-bond donors (Lipinski definition) is 2. The minimum Gasteiger partial charge on any atom is -0.396 e. The van der Waals surface area contributed by atoms with Crippen LogP contribution in [0.1, 0.15) is 19.3 Å². The van der Waals surface area contributed by atoms with Crippen molar-refractivity contribution in [2.75, 3.05) is 24.7 Å². The topological polar surface area (TPSA) is 46.2 Å². The summed E-state index contributed by atoms with van der Waals surface area (Å²) in [6.07, 6.45) is 3.27. The normalized spacial score (nSPS) is 23.5. The van der Waals surface area contributed by atoms with Crippen molar-refractivity contribution in [3.8, 4) is 0 Å². The number of rotatable bonds is 3. The second-order valence-electron chi connectivity index (χ2n) is 3.29. The van der Waals surface area contributed by atoms with Crippen molar-refractivity contribution >= 4 is 11.8 Å². The summed E-state index contributed by atoms with van der Waals surface area (Å²) in [4.78, 5) is 0. The van der Waals surface area contributed by atoms with E-state index < -0.39 is 0 Å². The number of aliphatic hydroxyl groups excluding tert-OH is 1. The summed E-state index contributed by atoms with van der Waals surface area (Å²) in [5.41, 5.74) is 5.98. The molecule has 0 aromatic heterocycles. The Morgan fingerprint density at radius 1 is 1.36 bits per heavy atom. The summed E-state index contributed by atoms with van der Waals surface area (Å²) in [6.45, 7) is 1.04. The molecule has 2 nitrogen and oxygen atoms in total. The van der Waals surface area contributed by atoms with Crippen molar-refractivity contribution < 1.29 is 5.11 Å². The summed E-state index contributed by atoms with van der Waals surface area (Å²) < 4.78 is 0. The molecule has 3 heteroatoms. The Bertz CT molecular complexity index is 107. The molecular weight excluding hydrogens is 158 g/mol. The van der Waals surface area contributed by atoms with E-state index in [0.29, 0.717) is 6.61 Å². The minimum absolute atomic E-state index is 0.278. The molecule has 1 heterocycles. The van der Waals surface area contributed by atoms with Crippen molar-refractivity contribution in [2.45, 2.75) is 19.3 Å². The highest BCUT2D eigenvalue weighted by molar-refractivity contribution is 7.99. The van der Waals surface area contributed by atoms with Crippen molar-refractivity contribution in [1.29, 1.82) is 0 Å². The Balaban J connectivity index is 2.42. The standard InChI is InChI=1S/C8H17NOS/c9-7-8(1-4-10)2-5-11-6-3-8/h10H,1-7,9H2. The minimum atomic E-state index is 0.278. The Hall–Kier alpha value is 0.270. The third kappa shape index (κ3) is 2.36. The van der Waals surface area contributed by atoms with E-state index in [0.717, 1.165) is 13.0 Å². The highest BCUT2D eigenvalue weighted by atomic mass is 32.2. The van der Waals surface area contributed by atoms with E-state index in [9.17, 15) is 0 Å². The van der Waals surface area contributed by atoms with Crippen molar-refractivity contribution in [3.05, 3.63) is 0 Å². The van der Waals surface area contributed by atoms with Gasteiger partial charge in [-0.2, -0.15) is 11.8 Å². The Morgan fingerprint density at radius 3 is 2.45 bits per heavy atom. The maximum Gasteiger partial charge on any atom is 0.0436 e. The fourth-order valence-electron chi connectivity index (χ4n) is 1.60. The lowest BCUT2D eigenvalue weighted by atomic mass is 9.79. The van der Waals surface area contributed by atoms with Gasteiger partial charge in [0.25, 0.3) is 0 Å². The van der Waals surface area contributed by atoms with Gasteiger partial charge in [0, 0.05) is 6.61 Å². The number of aliphatic hydroxyl groups is 1. The zero-order chi connectivity index (χ0) is 8.16. The van der Waals surface area contributed by atoms with Crippen LogP contribution in [-0.2, 0) is 0 Å². The van der Waals surface area contributed by atoms with Crippen LogP contribution in [0, 0.1) is 5.41 Å². The molecule has 3 N–H and O–H groups in total. The molecule has 0 saturated carbocycles. The van der Waals surface area contributed by atoms with Crippen molar-refractivity contribution in [3.63, 3.8) is 0 Å². The van der Waals surface area contributed by atoms with E-state index >= 15 is 0 Å². The fourth-order valence-corrected chi connectivity index (χ4v) is 2.96. The molecule has 0 aromatic rings. The quantitative estimate of drug-likeness (QED) is 0.668. The van der Waals surface area contributed by atoms with Gasteiger partial charge in [0.2, 0.25) is 0 Å². The van der Waals surface area contributed by atoms with Gasteiger partial charge in [0.1, 0.15) is 0 Å². The summed E-state index contributed by atoms with van der Waals surface area (Å²) in [5, 5.41) is 8.85. The molecule has 0 radical (unpaired) electrons. The Kier molecular flexibility index (Phi) is 3.69. The van der Waals surface area contributed by atoms with Gasteiger partial charge in [0.05, 0.1) is 0 Å². The lowest BCUT2D eigenvalue weighted by molar-refractivity contribution is 0.174. The molecule has 0 unspecified atom stereocenters. The van der Waals surface area contributed by atoms with Crippen LogP contribution in [0.5, 0.6) is 0 Å². The van der Waals surface area contributed by atoms with Gasteiger partial charge >= 0.3 is 0 Å². The summed E-state index contributed by atoms with van der Waals surface area (Å²) >= 11 is 2.00. The molecule has 0 spiro atoms. The molecule has 1 aliphatic heterocycles. The molecule has 0 aliphatic carbocycles. The average molecular weight is 175 g/mol. The van der Waals surface area contributed by atoms with E-state index in [1.807, 2.05) is 11.8 Å². The van der Waals surface area contributed by atoms with Crippen LogP contribution in [0.3, 0.4) is 0 Å². The predicted molar refractivity (Wildman–Crippen MR) is 49.7 cm³/mol. The zero-order valence-corrected chi connectivity index (χ0v) is 7.70. The second-order valence-corrected chi connectivity index (χ2v) is 4.51. The third-order valence-corrected chi connectivity index (χ3v) is 3.61. The maximum absolute atomic E-state index is 8.85. The van der Waals surface area contributed by atoms with Crippen LogP contribution in [0.4, 0.5) is 0 Å². The lowest BCUT2D eigenvalue weighted by Crippen LogP contribution is -2.35. The van der Waals surface area contributed by atoms with Crippen molar-refractivity contribution in [1.82, 2.24) is 0 Å². The van der Waals surface area contributed by atoms with Crippen LogP contribution in [0.15, 0.2) is 0 Å². The molecule has 1 fully saturated rings. The smallest absolute Gasteiger partial charge is 0.0436 e. The zero-order valence-electron chi connectivity index (χ0n) is 6.88. The first-order valence-electron chi connectivity index (χ1n) is 4.22. The predicted octanol–water partition coefficient (Wildman–Crippen LogP) is 0.841. The fraction of sp³-hybridized carbons (Fsp3) is 1.00. The largest absolute Gasteiger partial charge is 0.396 e. The van der Waals surface area contributed by atoms with E-state index in [1.165, 1.54) is 24.3 Å². The summed E-state index contributed by atoms with van der Waals surface area (Å²) in [5.74, 6) is 2.44. The molecule has 0 amide bonds. The van der Waals surface area contributed by atoms with Gasteiger partial charge in [-0.3, -0.25) is 0 Å². The van der Waals surface area contributed by atoms with Gasteiger partial charge in [-0.25, -0.2) is 0 Å². The molecular formula is C8H17NOS. The molecule has 66 valence electrons. The molecule has 1 saturated heterocycles. The first-order chi connectivity index (χ1) is 5.33. The maximum atomic E-state index is 8.85. The van der Waals surface area contributed by atoms with Crippen molar-refractivity contribution in [2.24, 2.45) is 11.1 Å². The molecule has 1 rings (SSSR count). The van der Waals surface area contributed by atoms with E-state index in [2.05, 4.69) is 0 Å². The van der Waals surface area contributed by atoms with E-state index in [4.69, 9.17) is 10.8 Å². The number of thioether (sulfide) groups is 1. The van der Waals surface area contributed by atoms with E-state index in [1.54, 1.807) is 0 Å². The highest BCUT2D eigenvalue weighted by Crippen LogP contribution is 2.36. The van der Waals surface area contributed by atoms with Crippen LogP contribution in [0.2, 0.25) is 0 Å². The van der Waals surface area contributed by atoms with Crippen LogP contribution >= 0.6 is 11.8 Å². The monoisotopic (exact) mass is 175 g/mol. The Labute approximate surface area is 72.5 Å². The van der Waals surface area contributed by atoms with Gasteiger partial charge in [-0.1, -0.05) is 0 Å². The molecule has 0 atom stereocenters. The molecule has 0 aromatic carbocycles. The molecule has 0 bridgehead atoms. The second kappa shape index (κ2) is 4.33. The number of hydrogen-bond acceptors (Lipinski definition) is 3. The third-order valence-electron chi connectivity index (χ3n) is 2.63. The Morgan fingerprint density at radius 2 is 2.00 bits per heavy atom. The highest BCUT2D eigenvalue weighted by Gasteiger charge is 2.29. The van der Waals surface area contributed by atoms with Crippen LogP contribution in [0.25, 0.3) is 0 Å². The van der Waals surface area contributed by atoms with Gasteiger partial charge in [-0.05, 0) is 42.7 Å². The van der Waals surface area contributed by atoms with Crippen LogP contribution in [-0.4, -0.2) is 29.8 Å².